The largest absolute Gasteiger partial charge is 0.478 e. The molecule has 0 saturated heterocycles. The third-order valence-electron chi connectivity index (χ3n) is 2.81. The fourth-order valence-electron chi connectivity index (χ4n) is 1.71. The van der Waals surface area contributed by atoms with Crippen LogP contribution in [-0.2, 0) is 0 Å². The highest BCUT2D eigenvalue weighted by atomic mass is 16.4. The number of carbonyl (C=O) groups excluding carboxylic acids is 1. The molecule has 1 unspecified atom stereocenters. The van der Waals surface area contributed by atoms with E-state index in [4.69, 9.17) is 5.11 Å². The maximum absolute atomic E-state index is 12.0. The molecule has 0 fully saturated rings. The fourth-order valence-corrected chi connectivity index (χ4v) is 1.71. The Morgan fingerprint density at radius 2 is 2.00 bits per heavy atom. The summed E-state index contributed by atoms with van der Waals surface area (Å²) < 4.78 is 0. The number of carbonyl (C=O) groups is 2. The lowest BCUT2D eigenvalue weighted by molar-refractivity contribution is 0.0689. The Kier molecular flexibility index (Phi) is 5.48. The van der Waals surface area contributed by atoms with Crippen LogP contribution in [0.2, 0.25) is 0 Å². The van der Waals surface area contributed by atoms with E-state index in [1.54, 1.807) is 0 Å². The summed E-state index contributed by atoms with van der Waals surface area (Å²) in [5.41, 5.74) is -0.109. The van der Waals surface area contributed by atoms with Gasteiger partial charge in [-0.25, -0.2) is 4.79 Å². The van der Waals surface area contributed by atoms with Gasteiger partial charge in [-0.05, 0) is 37.8 Å². The van der Waals surface area contributed by atoms with Crippen LogP contribution in [0, 0.1) is 5.92 Å². The van der Waals surface area contributed by atoms with Crippen LogP contribution in [0.1, 0.15) is 54.5 Å². The average Bonchev–Trinajstić information content (AvgIpc) is 2.36. The van der Waals surface area contributed by atoms with Gasteiger partial charge in [-0.1, -0.05) is 13.8 Å². The molecule has 1 atom stereocenters. The Morgan fingerprint density at radius 3 is 2.58 bits per heavy atom. The van der Waals surface area contributed by atoms with Gasteiger partial charge in [0.2, 0.25) is 0 Å². The zero-order chi connectivity index (χ0) is 14.4. The second-order valence-electron chi connectivity index (χ2n) is 5.05. The third-order valence-corrected chi connectivity index (χ3v) is 2.81. The molecule has 1 rings (SSSR count). The van der Waals surface area contributed by atoms with Gasteiger partial charge in [0.1, 0.15) is 5.69 Å². The second-order valence-corrected chi connectivity index (χ2v) is 5.05. The van der Waals surface area contributed by atoms with E-state index in [0.29, 0.717) is 5.92 Å². The van der Waals surface area contributed by atoms with Gasteiger partial charge in [-0.3, -0.25) is 9.78 Å². The Hall–Kier alpha value is -1.91. The number of pyridine rings is 1. The number of nitrogens with one attached hydrogen (secondary N) is 1. The second kappa shape index (κ2) is 6.87. The highest BCUT2D eigenvalue weighted by Crippen LogP contribution is 2.09. The molecule has 5 heteroatoms. The maximum Gasteiger partial charge on any atom is 0.338 e. The van der Waals surface area contributed by atoms with Crippen molar-refractivity contribution in [1.29, 1.82) is 0 Å². The summed E-state index contributed by atoms with van der Waals surface area (Å²) in [7, 11) is 0. The van der Waals surface area contributed by atoms with Gasteiger partial charge in [-0.15, -0.1) is 0 Å². The lowest BCUT2D eigenvalue weighted by atomic mass is 10.0. The van der Waals surface area contributed by atoms with E-state index < -0.39 is 11.9 Å². The van der Waals surface area contributed by atoms with Gasteiger partial charge < -0.3 is 10.4 Å². The first kappa shape index (κ1) is 15.1. The van der Waals surface area contributed by atoms with E-state index in [1.807, 2.05) is 6.92 Å². The van der Waals surface area contributed by atoms with Crippen LogP contribution in [0.3, 0.4) is 0 Å². The van der Waals surface area contributed by atoms with Crippen molar-refractivity contribution in [3.05, 3.63) is 29.6 Å². The van der Waals surface area contributed by atoms with E-state index in [1.165, 1.54) is 18.3 Å². The third kappa shape index (κ3) is 4.69. The van der Waals surface area contributed by atoms with Crippen molar-refractivity contribution >= 4 is 11.9 Å². The van der Waals surface area contributed by atoms with Crippen molar-refractivity contribution in [2.75, 3.05) is 0 Å². The molecule has 19 heavy (non-hydrogen) atoms. The monoisotopic (exact) mass is 264 g/mol. The molecule has 104 valence electrons. The molecule has 0 aliphatic rings. The molecular weight excluding hydrogens is 244 g/mol. The average molecular weight is 264 g/mol. The van der Waals surface area contributed by atoms with Crippen LogP contribution in [0.5, 0.6) is 0 Å². The Bertz CT molecular complexity index is 458. The first-order valence-corrected chi connectivity index (χ1v) is 6.41. The van der Waals surface area contributed by atoms with Gasteiger partial charge in [0.15, 0.2) is 0 Å². The number of rotatable bonds is 6. The van der Waals surface area contributed by atoms with Gasteiger partial charge in [0.05, 0.1) is 5.56 Å². The predicted molar refractivity (Wildman–Crippen MR) is 72.2 cm³/mol. The summed E-state index contributed by atoms with van der Waals surface area (Å²) in [6, 6.07) is 2.88. The topological polar surface area (TPSA) is 79.3 Å². The van der Waals surface area contributed by atoms with Crippen molar-refractivity contribution in [2.24, 2.45) is 5.92 Å². The molecule has 5 nitrogen and oxygen atoms in total. The molecule has 0 spiro atoms. The summed E-state index contributed by atoms with van der Waals surface area (Å²) in [6.07, 6.45) is 3.29. The molecule has 0 saturated carbocycles. The molecule has 0 bridgehead atoms. The smallest absolute Gasteiger partial charge is 0.338 e. The predicted octanol–water partition coefficient (Wildman–Crippen LogP) is 2.33. The molecule has 1 aromatic rings. The molecule has 0 radical (unpaired) electrons. The van der Waals surface area contributed by atoms with E-state index in [9.17, 15) is 9.59 Å². The first-order valence-electron chi connectivity index (χ1n) is 6.41. The molecule has 2 N–H and O–H groups in total. The Labute approximate surface area is 113 Å². The summed E-state index contributed by atoms with van der Waals surface area (Å²) in [5.74, 6) is -1.01. The lowest BCUT2D eigenvalue weighted by Crippen LogP contribution is -2.34. The van der Waals surface area contributed by atoms with Crippen molar-refractivity contribution in [2.45, 2.75) is 39.7 Å². The zero-order valence-corrected chi connectivity index (χ0v) is 11.5. The number of hydrogen-bond donors (Lipinski definition) is 2. The quantitative estimate of drug-likeness (QED) is 0.826. The summed E-state index contributed by atoms with van der Waals surface area (Å²) >= 11 is 0. The van der Waals surface area contributed by atoms with Gasteiger partial charge in [0.25, 0.3) is 5.91 Å². The number of carboxylic acid groups (broad SMARTS) is 1. The van der Waals surface area contributed by atoms with E-state index >= 15 is 0 Å². The van der Waals surface area contributed by atoms with Gasteiger partial charge in [-0.2, -0.15) is 0 Å². The highest BCUT2D eigenvalue weighted by molar-refractivity contribution is 6.03. The minimum Gasteiger partial charge on any atom is -0.478 e. The minimum absolute atomic E-state index is 0.00134. The van der Waals surface area contributed by atoms with Crippen LogP contribution < -0.4 is 5.32 Å². The van der Waals surface area contributed by atoms with Gasteiger partial charge >= 0.3 is 5.97 Å². The standard InChI is InChI=1S/C14H20N2O3/c1-9(2)6-7-10(3)16-13(17)12-11(14(18)19)5-4-8-15-12/h4-5,8-10H,6-7H2,1-3H3,(H,16,17)(H,18,19). The van der Waals surface area contributed by atoms with E-state index in [2.05, 4.69) is 24.1 Å². The number of hydrogen-bond acceptors (Lipinski definition) is 3. The van der Waals surface area contributed by atoms with E-state index in [-0.39, 0.29) is 17.3 Å². The van der Waals surface area contributed by atoms with Crippen molar-refractivity contribution in [1.82, 2.24) is 10.3 Å². The van der Waals surface area contributed by atoms with E-state index in [0.717, 1.165) is 12.8 Å². The molecular formula is C14H20N2O3. The Balaban J connectivity index is 2.70. The summed E-state index contributed by atoms with van der Waals surface area (Å²) in [4.78, 5) is 26.9. The van der Waals surface area contributed by atoms with Crippen LogP contribution >= 0.6 is 0 Å². The number of amides is 1. The summed E-state index contributed by atoms with van der Waals surface area (Å²) in [6.45, 7) is 6.15. The molecule has 0 aromatic carbocycles. The fraction of sp³-hybridized carbons (Fsp3) is 0.500. The molecule has 1 amide bonds. The SMILES string of the molecule is CC(C)CCC(C)NC(=O)c1ncccc1C(=O)O. The molecule has 0 aliphatic heterocycles. The van der Waals surface area contributed by atoms with Crippen LogP contribution in [0.25, 0.3) is 0 Å². The van der Waals surface area contributed by atoms with Gasteiger partial charge in [0, 0.05) is 12.2 Å². The molecule has 1 aromatic heterocycles. The van der Waals surface area contributed by atoms with Crippen LogP contribution in [-0.4, -0.2) is 28.0 Å². The van der Waals surface area contributed by atoms with Crippen LogP contribution in [0.15, 0.2) is 18.3 Å². The van der Waals surface area contributed by atoms with Crippen molar-refractivity contribution in [3.63, 3.8) is 0 Å². The molecule has 1 heterocycles. The number of nitrogens with zero attached hydrogens (tertiary/aromatic N) is 1. The van der Waals surface area contributed by atoms with Crippen molar-refractivity contribution < 1.29 is 14.7 Å². The Morgan fingerprint density at radius 1 is 1.32 bits per heavy atom. The molecule has 0 aliphatic carbocycles. The number of aromatic nitrogens is 1. The summed E-state index contributed by atoms with van der Waals surface area (Å²) in [5, 5.41) is 11.8. The number of aromatic carboxylic acids is 1. The zero-order valence-electron chi connectivity index (χ0n) is 11.5. The number of carboxylic acids is 1. The first-order chi connectivity index (χ1) is 8.91. The maximum atomic E-state index is 12.0. The lowest BCUT2D eigenvalue weighted by Gasteiger charge is -2.15. The normalized spacial score (nSPS) is 12.2. The minimum atomic E-state index is -1.15. The van der Waals surface area contributed by atoms with Crippen LogP contribution in [0.4, 0.5) is 0 Å². The highest BCUT2D eigenvalue weighted by Gasteiger charge is 2.18. The van der Waals surface area contributed by atoms with Crippen molar-refractivity contribution in [3.8, 4) is 0 Å².